The van der Waals surface area contributed by atoms with Crippen LogP contribution in [0.15, 0.2) is 12.1 Å². The van der Waals surface area contributed by atoms with Gasteiger partial charge in [0.25, 0.3) is 5.91 Å². The molecule has 102 valence electrons. The number of hydrogen-bond acceptors (Lipinski definition) is 4. The first-order valence-corrected chi connectivity index (χ1v) is 6.57. The Hall–Kier alpha value is -1.69. The lowest BCUT2D eigenvalue weighted by Crippen LogP contribution is -2.61. The molecule has 5 nitrogen and oxygen atoms in total. The van der Waals surface area contributed by atoms with Crippen LogP contribution in [-0.4, -0.2) is 43.1 Å². The second-order valence-corrected chi connectivity index (χ2v) is 5.07. The third-order valence-electron chi connectivity index (χ3n) is 3.95. The van der Waals surface area contributed by atoms with E-state index < -0.39 is 5.95 Å². The van der Waals surface area contributed by atoms with Crippen molar-refractivity contribution >= 4 is 11.6 Å². The number of halogens is 1. The van der Waals surface area contributed by atoms with Crippen LogP contribution in [-0.2, 0) is 0 Å². The van der Waals surface area contributed by atoms with Gasteiger partial charge in [-0.25, -0.2) is 4.98 Å². The van der Waals surface area contributed by atoms with E-state index in [4.69, 9.17) is 0 Å². The Kier molecular flexibility index (Phi) is 3.10. The van der Waals surface area contributed by atoms with E-state index in [-0.39, 0.29) is 11.6 Å². The third kappa shape index (κ3) is 2.16. The van der Waals surface area contributed by atoms with E-state index in [9.17, 15) is 9.18 Å². The summed E-state index contributed by atoms with van der Waals surface area (Å²) in [5.74, 6) is -0.930. The van der Waals surface area contributed by atoms with Gasteiger partial charge < -0.3 is 15.5 Å². The highest BCUT2D eigenvalue weighted by Gasteiger charge is 2.34. The topological polar surface area (TPSA) is 57.3 Å². The maximum absolute atomic E-state index is 14.1. The van der Waals surface area contributed by atoms with Crippen LogP contribution in [0, 0.1) is 5.95 Å². The first kappa shape index (κ1) is 12.3. The third-order valence-corrected chi connectivity index (χ3v) is 3.95. The Morgan fingerprint density at radius 2 is 2.37 bits per heavy atom. The van der Waals surface area contributed by atoms with Gasteiger partial charge in [-0.3, -0.25) is 4.79 Å². The molecule has 0 saturated carbocycles. The van der Waals surface area contributed by atoms with Crippen molar-refractivity contribution in [1.82, 2.24) is 15.6 Å². The van der Waals surface area contributed by atoms with Crippen LogP contribution in [0.4, 0.5) is 10.1 Å². The molecule has 3 aliphatic rings. The van der Waals surface area contributed by atoms with Gasteiger partial charge in [-0.1, -0.05) is 0 Å². The molecule has 4 rings (SSSR count). The maximum Gasteiger partial charge on any atom is 0.269 e. The SMILES string of the molecule is CNC(=O)c1ccc(N2CC3CCC2CN3)c(F)n1. The van der Waals surface area contributed by atoms with Crippen molar-refractivity contribution in [3.63, 3.8) is 0 Å². The molecule has 19 heavy (non-hydrogen) atoms. The van der Waals surface area contributed by atoms with Crippen LogP contribution in [0.5, 0.6) is 0 Å². The highest BCUT2D eigenvalue weighted by Crippen LogP contribution is 2.29. The second kappa shape index (κ2) is 4.77. The minimum absolute atomic E-state index is 0.115. The van der Waals surface area contributed by atoms with Crippen LogP contribution in [0.3, 0.4) is 0 Å². The Morgan fingerprint density at radius 1 is 1.53 bits per heavy atom. The molecule has 2 atom stereocenters. The zero-order valence-corrected chi connectivity index (χ0v) is 10.8. The Labute approximate surface area is 111 Å². The van der Waals surface area contributed by atoms with Crippen LogP contribution in [0.2, 0.25) is 0 Å². The van der Waals surface area contributed by atoms with Crippen molar-refractivity contribution in [2.75, 3.05) is 25.0 Å². The van der Waals surface area contributed by atoms with E-state index in [1.54, 1.807) is 12.1 Å². The molecular formula is C13H17FN4O. The lowest BCUT2D eigenvalue weighted by Gasteiger charge is -2.47. The average Bonchev–Trinajstić information content (AvgIpc) is 2.47. The molecule has 4 heterocycles. The van der Waals surface area contributed by atoms with Gasteiger partial charge in [0.1, 0.15) is 5.69 Å². The molecule has 0 spiro atoms. The summed E-state index contributed by atoms with van der Waals surface area (Å²) >= 11 is 0. The van der Waals surface area contributed by atoms with Gasteiger partial charge in [-0.15, -0.1) is 0 Å². The van der Waals surface area contributed by atoms with E-state index in [1.165, 1.54) is 7.05 Å². The maximum atomic E-state index is 14.1. The Morgan fingerprint density at radius 3 is 2.89 bits per heavy atom. The summed E-state index contributed by atoms with van der Waals surface area (Å²) in [7, 11) is 1.51. The number of carbonyl (C=O) groups excluding carboxylic acids is 1. The smallest absolute Gasteiger partial charge is 0.269 e. The zero-order valence-electron chi connectivity index (χ0n) is 10.8. The van der Waals surface area contributed by atoms with Crippen LogP contribution in [0.25, 0.3) is 0 Å². The highest BCUT2D eigenvalue weighted by molar-refractivity contribution is 5.92. The van der Waals surface area contributed by atoms with Crippen molar-refractivity contribution in [2.45, 2.75) is 24.9 Å². The molecule has 0 aromatic carbocycles. The molecular weight excluding hydrogens is 247 g/mol. The lowest BCUT2D eigenvalue weighted by atomic mass is 9.92. The number of piperidine rings is 2. The van der Waals surface area contributed by atoms with Gasteiger partial charge in [0.05, 0.1) is 5.69 Å². The molecule has 1 aromatic heterocycles. The first-order chi connectivity index (χ1) is 9.19. The summed E-state index contributed by atoms with van der Waals surface area (Å²) in [5, 5.41) is 5.87. The van der Waals surface area contributed by atoms with Crippen molar-refractivity contribution in [3.8, 4) is 0 Å². The molecule has 1 amide bonds. The Bertz CT molecular complexity index is 499. The molecule has 6 heteroatoms. The summed E-state index contributed by atoms with van der Waals surface area (Å²) in [6.45, 7) is 1.70. The van der Waals surface area contributed by atoms with E-state index in [2.05, 4.69) is 20.5 Å². The van der Waals surface area contributed by atoms with Crippen molar-refractivity contribution in [2.24, 2.45) is 0 Å². The monoisotopic (exact) mass is 264 g/mol. The molecule has 3 aliphatic heterocycles. The minimum Gasteiger partial charge on any atom is -0.362 e. The first-order valence-electron chi connectivity index (χ1n) is 6.57. The van der Waals surface area contributed by atoms with E-state index in [1.807, 2.05) is 0 Å². The fraction of sp³-hybridized carbons (Fsp3) is 0.538. The number of anilines is 1. The zero-order chi connectivity index (χ0) is 13.4. The van der Waals surface area contributed by atoms with Crippen LogP contribution >= 0.6 is 0 Å². The fourth-order valence-electron chi connectivity index (χ4n) is 2.90. The largest absolute Gasteiger partial charge is 0.362 e. The number of carbonyl (C=O) groups is 1. The van der Waals surface area contributed by atoms with Gasteiger partial charge in [0, 0.05) is 32.2 Å². The average molecular weight is 264 g/mol. The summed E-state index contributed by atoms with van der Waals surface area (Å²) in [5.41, 5.74) is 0.618. The van der Waals surface area contributed by atoms with E-state index in [0.717, 1.165) is 25.9 Å². The van der Waals surface area contributed by atoms with Crippen molar-refractivity contribution in [1.29, 1.82) is 0 Å². The van der Waals surface area contributed by atoms with Crippen molar-refractivity contribution in [3.05, 3.63) is 23.8 Å². The predicted molar refractivity (Wildman–Crippen MR) is 69.7 cm³/mol. The summed E-state index contributed by atoms with van der Waals surface area (Å²) in [6.07, 6.45) is 2.22. The van der Waals surface area contributed by atoms with Gasteiger partial charge in [0.15, 0.2) is 0 Å². The second-order valence-electron chi connectivity index (χ2n) is 5.07. The minimum atomic E-state index is -0.561. The number of nitrogens with zero attached hydrogens (tertiary/aromatic N) is 2. The molecule has 0 aliphatic carbocycles. The van der Waals surface area contributed by atoms with Crippen molar-refractivity contribution < 1.29 is 9.18 Å². The normalized spacial score (nSPS) is 25.5. The van der Waals surface area contributed by atoms with E-state index in [0.29, 0.717) is 17.8 Å². The number of rotatable bonds is 2. The number of pyridine rings is 1. The standard InChI is InChI=1S/C13H17FN4O/c1-15-13(19)10-4-5-11(12(14)17-10)18-7-8-2-3-9(18)6-16-8/h4-5,8-9,16H,2-3,6-7H2,1H3,(H,15,19). The van der Waals surface area contributed by atoms with Gasteiger partial charge in [0.2, 0.25) is 5.95 Å². The van der Waals surface area contributed by atoms with E-state index >= 15 is 0 Å². The summed E-state index contributed by atoms with van der Waals surface area (Å²) in [4.78, 5) is 17.2. The number of amides is 1. The predicted octanol–water partition coefficient (Wildman–Crippen LogP) is 0.521. The molecule has 1 aromatic rings. The number of piperazine rings is 1. The molecule has 2 N–H and O–H groups in total. The van der Waals surface area contributed by atoms with Crippen LogP contribution in [0.1, 0.15) is 23.3 Å². The fourth-order valence-corrected chi connectivity index (χ4v) is 2.90. The number of fused-ring (bicyclic) bond motifs is 3. The summed E-state index contributed by atoms with van der Waals surface area (Å²) < 4.78 is 14.1. The summed E-state index contributed by atoms with van der Waals surface area (Å²) in [6, 6.07) is 4.00. The molecule has 2 bridgehead atoms. The number of hydrogen-bond donors (Lipinski definition) is 2. The lowest BCUT2D eigenvalue weighted by molar-refractivity contribution is 0.0957. The molecule has 3 saturated heterocycles. The van der Waals surface area contributed by atoms with Gasteiger partial charge in [-0.05, 0) is 25.0 Å². The molecule has 3 fully saturated rings. The molecule has 0 radical (unpaired) electrons. The number of nitrogens with one attached hydrogen (secondary N) is 2. The quantitative estimate of drug-likeness (QED) is 0.765. The number of aromatic nitrogens is 1. The molecule has 2 unspecified atom stereocenters. The van der Waals surface area contributed by atoms with Gasteiger partial charge >= 0.3 is 0 Å². The highest BCUT2D eigenvalue weighted by atomic mass is 19.1. The Balaban J connectivity index is 1.87. The van der Waals surface area contributed by atoms with Gasteiger partial charge in [-0.2, -0.15) is 4.39 Å². The van der Waals surface area contributed by atoms with Crippen LogP contribution < -0.4 is 15.5 Å².